The van der Waals surface area contributed by atoms with Crippen LogP contribution in [0.3, 0.4) is 0 Å². The summed E-state index contributed by atoms with van der Waals surface area (Å²) in [6, 6.07) is 8.52. The summed E-state index contributed by atoms with van der Waals surface area (Å²) in [6.07, 6.45) is -5.69. The van der Waals surface area contributed by atoms with E-state index in [2.05, 4.69) is 0 Å². The minimum absolute atomic E-state index is 0.638. The maximum atomic E-state index is 12.9. The quantitative estimate of drug-likeness (QED) is 0.915. The predicted octanol–water partition coefficient (Wildman–Crippen LogP) is 3.24. The van der Waals surface area contributed by atoms with Crippen LogP contribution in [0.15, 0.2) is 30.3 Å². The monoisotopic (exact) mass is 274 g/mol. The van der Waals surface area contributed by atoms with Gasteiger partial charge in [-0.3, -0.25) is 4.79 Å². The molecule has 0 aromatic heterocycles. The largest absolute Gasteiger partial charge is 0.424 e. The van der Waals surface area contributed by atoms with Crippen molar-refractivity contribution in [1.29, 1.82) is 0 Å². The number of Topliss-reactive ketones (excluding diaryl/α,β-unsaturated/α-hetero) is 1. The van der Waals surface area contributed by atoms with E-state index < -0.39 is 29.4 Å². The Morgan fingerprint density at radius 2 is 1.63 bits per heavy atom. The molecule has 5 heteroatoms. The van der Waals surface area contributed by atoms with Crippen molar-refractivity contribution in [2.45, 2.75) is 44.4 Å². The zero-order chi connectivity index (χ0) is 14.9. The molecular formula is C14H17F3O2. The maximum Gasteiger partial charge on any atom is 0.424 e. The molecule has 0 unspecified atom stereocenters. The lowest BCUT2D eigenvalue weighted by Gasteiger charge is -2.36. The number of hydrogen-bond donors (Lipinski definition) is 1. The van der Waals surface area contributed by atoms with Gasteiger partial charge in [-0.25, -0.2) is 0 Å². The van der Waals surface area contributed by atoms with Gasteiger partial charge in [0.2, 0.25) is 5.60 Å². The zero-order valence-electron chi connectivity index (χ0n) is 11.1. The molecule has 0 aliphatic heterocycles. The van der Waals surface area contributed by atoms with Crippen molar-refractivity contribution in [3.63, 3.8) is 0 Å². The van der Waals surface area contributed by atoms with E-state index in [1.54, 1.807) is 44.2 Å². The highest BCUT2D eigenvalue weighted by atomic mass is 19.4. The molecule has 0 radical (unpaired) electrons. The Balaban J connectivity index is 3.14. The molecule has 1 aromatic rings. The minimum Gasteiger partial charge on any atom is -0.374 e. The molecule has 1 atom stereocenters. The highest BCUT2D eigenvalue weighted by Crippen LogP contribution is 2.41. The summed E-state index contributed by atoms with van der Waals surface area (Å²) in [7, 11) is 0. The Morgan fingerprint density at radius 1 is 1.16 bits per heavy atom. The minimum atomic E-state index is -4.98. The van der Waals surface area contributed by atoms with Crippen LogP contribution in [0.5, 0.6) is 0 Å². The van der Waals surface area contributed by atoms with Crippen molar-refractivity contribution in [1.82, 2.24) is 0 Å². The molecule has 1 rings (SSSR count). The molecule has 106 valence electrons. The Hall–Kier alpha value is -1.36. The molecule has 0 bridgehead atoms. The Labute approximate surface area is 110 Å². The van der Waals surface area contributed by atoms with Gasteiger partial charge >= 0.3 is 6.18 Å². The van der Waals surface area contributed by atoms with Crippen molar-refractivity contribution in [3.8, 4) is 0 Å². The molecule has 1 N–H and O–H groups in total. The first-order chi connectivity index (χ1) is 8.51. The highest BCUT2D eigenvalue weighted by Gasteiger charge is 2.59. The Morgan fingerprint density at radius 3 is 2.00 bits per heavy atom. The third-order valence-electron chi connectivity index (χ3n) is 3.30. The van der Waals surface area contributed by atoms with Crippen LogP contribution in [0.2, 0.25) is 0 Å². The van der Waals surface area contributed by atoms with Crippen molar-refractivity contribution in [2.75, 3.05) is 0 Å². The average Bonchev–Trinajstić information content (AvgIpc) is 2.28. The standard InChI is InChI=1S/C14H17F3O2/c1-10(18)13(19,14(15,16)17)9-12(2,3)11-7-5-4-6-8-11/h4-8,19H,9H2,1-3H3/t13-/m0/s1. The summed E-state index contributed by atoms with van der Waals surface area (Å²) in [6.45, 7) is 3.90. The molecular weight excluding hydrogens is 257 g/mol. The maximum absolute atomic E-state index is 12.9. The van der Waals surface area contributed by atoms with Crippen LogP contribution in [0.1, 0.15) is 32.8 Å². The predicted molar refractivity (Wildman–Crippen MR) is 65.8 cm³/mol. The Bertz CT molecular complexity index is 452. The summed E-state index contributed by atoms with van der Waals surface area (Å²) < 4.78 is 38.8. The fraction of sp³-hybridized carbons (Fsp3) is 0.500. The summed E-state index contributed by atoms with van der Waals surface area (Å²) in [4.78, 5) is 11.3. The van der Waals surface area contributed by atoms with E-state index >= 15 is 0 Å². The smallest absolute Gasteiger partial charge is 0.374 e. The first-order valence-electron chi connectivity index (χ1n) is 5.86. The number of carbonyl (C=O) groups is 1. The van der Waals surface area contributed by atoms with Crippen LogP contribution in [0, 0.1) is 0 Å². The van der Waals surface area contributed by atoms with Crippen molar-refractivity contribution < 1.29 is 23.1 Å². The molecule has 0 spiro atoms. The summed E-state index contributed by atoms with van der Waals surface area (Å²) in [5, 5.41) is 9.75. The molecule has 0 amide bonds. The van der Waals surface area contributed by atoms with E-state index in [0.717, 1.165) is 6.92 Å². The lowest BCUT2D eigenvalue weighted by molar-refractivity contribution is -0.255. The van der Waals surface area contributed by atoms with Gasteiger partial charge in [-0.2, -0.15) is 13.2 Å². The Kier molecular flexibility index (Phi) is 4.10. The fourth-order valence-corrected chi connectivity index (χ4v) is 2.06. The van der Waals surface area contributed by atoms with Gasteiger partial charge in [0.1, 0.15) is 0 Å². The molecule has 0 saturated heterocycles. The van der Waals surface area contributed by atoms with E-state index in [4.69, 9.17) is 0 Å². The van der Waals surface area contributed by atoms with Gasteiger partial charge in [-0.15, -0.1) is 0 Å². The van der Waals surface area contributed by atoms with E-state index in [-0.39, 0.29) is 0 Å². The average molecular weight is 274 g/mol. The zero-order valence-corrected chi connectivity index (χ0v) is 11.1. The van der Waals surface area contributed by atoms with E-state index in [1.807, 2.05) is 0 Å². The lowest BCUT2D eigenvalue weighted by Crippen LogP contribution is -2.54. The molecule has 2 nitrogen and oxygen atoms in total. The topological polar surface area (TPSA) is 37.3 Å². The number of carbonyl (C=O) groups excluding carboxylic acids is 1. The molecule has 1 aromatic carbocycles. The highest BCUT2D eigenvalue weighted by molar-refractivity contribution is 5.85. The van der Waals surface area contributed by atoms with Crippen molar-refractivity contribution >= 4 is 5.78 Å². The van der Waals surface area contributed by atoms with Gasteiger partial charge in [0, 0.05) is 6.42 Å². The van der Waals surface area contributed by atoms with Gasteiger partial charge in [0.15, 0.2) is 5.78 Å². The third-order valence-corrected chi connectivity index (χ3v) is 3.30. The second-order valence-corrected chi connectivity index (χ2v) is 5.34. The number of halogens is 3. The first-order valence-corrected chi connectivity index (χ1v) is 5.86. The number of rotatable bonds is 4. The summed E-state index contributed by atoms with van der Waals surface area (Å²) >= 11 is 0. The lowest BCUT2D eigenvalue weighted by atomic mass is 9.74. The van der Waals surface area contributed by atoms with Crippen molar-refractivity contribution in [3.05, 3.63) is 35.9 Å². The summed E-state index contributed by atoms with van der Waals surface area (Å²) in [5.41, 5.74) is -3.65. The molecule has 0 saturated carbocycles. The molecule has 0 heterocycles. The van der Waals surface area contributed by atoms with Crippen LogP contribution in [0.25, 0.3) is 0 Å². The van der Waals surface area contributed by atoms with Crippen LogP contribution >= 0.6 is 0 Å². The summed E-state index contributed by atoms with van der Waals surface area (Å²) in [5.74, 6) is -1.29. The van der Waals surface area contributed by atoms with Gasteiger partial charge < -0.3 is 5.11 Å². The molecule has 0 aliphatic carbocycles. The SMILES string of the molecule is CC(=O)[C@@](O)(CC(C)(C)c1ccccc1)C(F)(F)F. The van der Waals surface area contributed by atoms with Gasteiger partial charge in [-0.1, -0.05) is 44.2 Å². The number of hydrogen-bond acceptors (Lipinski definition) is 2. The number of benzene rings is 1. The van der Waals surface area contributed by atoms with Crippen LogP contribution in [0.4, 0.5) is 13.2 Å². The second kappa shape index (κ2) is 4.96. The number of ketones is 1. The van der Waals surface area contributed by atoms with Crippen molar-refractivity contribution in [2.24, 2.45) is 0 Å². The van der Waals surface area contributed by atoms with E-state index in [9.17, 15) is 23.1 Å². The van der Waals surface area contributed by atoms with Gasteiger partial charge in [-0.05, 0) is 17.9 Å². The van der Waals surface area contributed by atoms with Gasteiger partial charge in [0.25, 0.3) is 0 Å². The number of alkyl halides is 3. The third kappa shape index (κ3) is 3.15. The van der Waals surface area contributed by atoms with E-state index in [1.165, 1.54) is 0 Å². The molecule has 19 heavy (non-hydrogen) atoms. The van der Waals surface area contributed by atoms with Crippen LogP contribution in [-0.2, 0) is 10.2 Å². The van der Waals surface area contributed by atoms with Crippen LogP contribution < -0.4 is 0 Å². The normalized spacial score (nSPS) is 15.9. The molecule has 0 aliphatic rings. The first kappa shape index (κ1) is 15.7. The second-order valence-electron chi connectivity index (χ2n) is 5.34. The number of aliphatic hydroxyl groups is 1. The van der Waals surface area contributed by atoms with Gasteiger partial charge in [0.05, 0.1) is 0 Å². The molecule has 0 fully saturated rings. The fourth-order valence-electron chi connectivity index (χ4n) is 2.06. The van der Waals surface area contributed by atoms with Crippen LogP contribution in [-0.4, -0.2) is 22.7 Å². The van der Waals surface area contributed by atoms with E-state index in [0.29, 0.717) is 5.56 Å².